The van der Waals surface area contributed by atoms with E-state index in [4.69, 9.17) is 9.88 Å². The second-order valence-electron chi connectivity index (χ2n) is 8.26. The van der Waals surface area contributed by atoms with Crippen LogP contribution in [0.15, 0.2) is 41.3 Å². The highest BCUT2D eigenvalue weighted by Crippen LogP contribution is 2.33. The van der Waals surface area contributed by atoms with E-state index in [9.17, 15) is 30.8 Å². The maximum absolute atomic E-state index is 14.0. The number of ether oxygens (including phenoxy) is 1. The van der Waals surface area contributed by atoms with Crippen molar-refractivity contribution in [2.45, 2.75) is 11.1 Å². The Morgan fingerprint density at radius 3 is 2.14 bits per heavy atom. The van der Waals surface area contributed by atoms with Gasteiger partial charge in [-0.1, -0.05) is 0 Å². The summed E-state index contributed by atoms with van der Waals surface area (Å²) in [5.74, 6) is -1.75. The number of carbonyl (C=O) groups excluding carboxylic acids is 1. The molecule has 0 unspecified atom stereocenters. The lowest BCUT2D eigenvalue weighted by atomic mass is 10.1. The normalized spacial score (nSPS) is 17.6. The van der Waals surface area contributed by atoms with Gasteiger partial charge in [0.1, 0.15) is 5.82 Å². The summed E-state index contributed by atoms with van der Waals surface area (Å²) in [6.45, 7) is 2.94. The first kappa shape index (κ1) is 25.2. The molecule has 2 heterocycles. The van der Waals surface area contributed by atoms with Crippen LogP contribution in [0.25, 0.3) is 0 Å². The number of hydrogen-bond acceptors (Lipinski definition) is 6. The van der Waals surface area contributed by atoms with Gasteiger partial charge >= 0.3 is 6.18 Å². The van der Waals surface area contributed by atoms with Crippen LogP contribution in [0, 0.1) is 5.82 Å². The molecule has 2 aliphatic heterocycles. The Morgan fingerprint density at radius 2 is 1.57 bits per heavy atom. The number of amides is 1. The minimum absolute atomic E-state index is 0.184. The minimum atomic E-state index is -4.78. The number of nitrogens with zero attached hydrogens (tertiary/aromatic N) is 3. The topological polar surface area (TPSA) is 96.2 Å². The second kappa shape index (κ2) is 9.63. The SMILES string of the molecule is NS(=O)(=O)c1ccc(N2CCOCC2)c(C(=O)N2CCN(c3ccc(C(F)(F)F)c(F)c3)CC2)c1. The summed E-state index contributed by atoms with van der Waals surface area (Å²) >= 11 is 0. The number of halogens is 4. The highest BCUT2D eigenvalue weighted by Gasteiger charge is 2.34. The summed E-state index contributed by atoms with van der Waals surface area (Å²) in [7, 11) is -4.04. The number of piperazine rings is 1. The zero-order valence-electron chi connectivity index (χ0n) is 18.6. The van der Waals surface area contributed by atoms with Crippen LogP contribution in [0.5, 0.6) is 0 Å². The predicted molar refractivity (Wildman–Crippen MR) is 120 cm³/mol. The molecule has 2 aromatic carbocycles. The van der Waals surface area contributed by atoms with E-state index in [1.165, 1.54) is 23.1 Å². The molecule has 13 heteroatoms. The van der Waals surface area contributed by atoms with Gasteiger partial charge in [-0.15, -0.1) is 0 Å². The smallest absolute Gasteiger partial charge is 0.378 e. The van der Waals surface area contributed by atoms with Gasteiger partial charge in [0.25, 0.3) is 5.91 Å². The van der Waals surface area contributed by atoms with E-state index in [0.29, 0.717) is 38.1 Å². The summed E-state index contributed by atoms with van der Waals surface area (Å²) < 4.78 is 81.7. The van der Waals surface area contributed by atoms with Crippen molar-refractivity contribution >= 4 is 27.3 Å². The van der Waals surface area contributed by atoms with Crippen LogP contribution in [0.4, 0.5) is 28.9 Å². The fourth-order valence-electron chi connectivity index (χ4n) is 4.21. The quantitative estimate of drug-likeness (QED) is 0.627. The van der Waals surface area contributed by atoms with E-state index in [1.807, 2.05) is 4.90 Å². The minimum Gasteiger partial charge on any atom is -0.378 e. The van der Waals surface area contributed by atoms with Crippen LogP contribution in [0.3, 0.4) is 0 Å². The first-order valence-corrected chi connectivity index (χ1v) is 12.4. The monoisotopic (exact) mass is 516 g/mol. The lowest BCUT2D eigenvalue weighted by Crippen LogP contribution is -2.49. The molecule has 0 radical (unpaired) electrons. The van der Waals surface area contributed by atoms with E-state index in [1.54, 1.807) is 11.0 Å². The zero-order chi connectivity index (χ0) is 25.4. The van der Waals surface area contributed by atoms with Gasteiger partial charge in [0, 0.05) is 50.6 Å². The molecule has 4 rings (SSSR count). The Balaban J connectivity index is 1.53. The third-order valence-electron chi connectivity index (χ3n) is 6.07. The number of alkyl halides is 3. The molecule has 0 aliphatic carbocycles. The second-order valence-corrected chi connectivity index (χ2v) is 9.83. The summed E-state index contributed by atoms with van der Waals surface area (Å²) in [5.41, 5.74) is -0.293. The molecule has 0 saturated carbocycles. The molecule has 190 valence electrons. The average Bonchev–Trinajstić information content (AvgIpc) is 2.82. The number of carbonyl (C=O) groups is 1. The first-order valence-electron chi connectivity index (χ1n) is 10.9. The van der Waals surface area contributed by atoms with Crippen molar-refractivity contribution < 1.29 is 35.5 Å². The molecule has 1 amide bonds. The van der Waals surface area contributed by atoms with Gasteiger partial charge in [-0.05, 0) is 36.4 Å². The lowest BCUT2D eigenvalue weighted by Gasteiger charge is -2.37. The Labute approximate surface area is 199 Å². The Morgan fingerprint density at radius 1 is 0.914 bits per heavy atom. The molecule has 2 fully saturated rings. The number of morpholine rings is 1. The van der Waals surface area contributed by atoms with Gasteiger partial charge in [-0.3, -0.25) is 4.79 Å². The number of benzene rings is 2. The molecule has 2 aromatic rings. The van der Waals surface area contributed by atoms with Gasteiger partial charge in [-0.25, -0.2) is 17.9 Å². The molecule has 0 spiro atoms. The van der Waals surface area contributed by atoms with Crippen molar-refractivity contribution in [1.29, 1.82) is 0 Å². The Bertz CT molecular complexity index is 1210. The van der Waals surface area contributed by atoms with Crippen LogP contribution in [0.1, 0.15) is 15.9 Å². The third-order valence-corrected chi connectivity index (χ3v) is 6.98. The van der Waals surface area contributed by atoms with Crippen molar-refractivity contribution in [2.24, 2.45) is 5.14 Å². The molecule has 8 nitrogen and oxygen atoms in total. The number of sulfonamides is 1. The fourth-order valence-corrected chi connectivity index (χ4v) is 4.75. The van der Waals surface area contributed by atoms with Gasteiger partial charge < -0.3 is 19.4 Å². The molecular weight excluding hydrogens is 492 g/mol. The third kappa shape index (κ3) is 5.52. The van der Waals surface area contributed by atoms with Crippen molar-refractivity contribution in [2.75, 3.05) is 62.3 Å². The molecule has 2 N–H and O–H groups in total. The molecular formula is C22H24F4N4O4S. The molecule has 0 bridgehead atoms. The molecule has 0 atom stereocenters. The molecule has 2 saturated heterocycles. The highest BCUT2D eigenvalue weighted by molar-refractivity contribution is 7.89. The van der Waals surface area contributed by atoms with Crippen molar-refractivity contribution in [3.63, 3.8) is 0 Å². The highest BCUT2D eigenvalue weighted by atomic mass is 32.2. The maximum atomic E-state index is 14.0. The van der Waals surface area contributed by atoms with E-state index < -0.39 is 33.5 Å². The Hall–Kier alpha value is -2.90. The van der Waals surface area contributed by atoms with E-state index in [0.717, 1.165) is 6.07 Å². The summed E-state index contributed by atoms with van der Waals surface area (Å²) in [4.78, 5) is 18.4. The average molecular weight is 517 g/mol. The van der Waals surface area contributed by atoms with Crippen molar-refractivity contribution in [3.8, 4) is 0 Å². The summed E-state index contributed by atoms with van der Waals surface area (Å²) in [6, 6.07) is 6.92. The number of primary sulfonamides is 1. The van der Waals surface area contributed by atoms with E-state index in [-0.39, 0.29) is 42.3 Å². The lowest BCUT2D eigenvalue weighted by molar-refractivity contribution is -0.139. The van der Waals surface area contributed by atoms with E-state index in [2.05, 4.69) is 0 Å². The molecule has 2 aliphatic rings. The van der Waals surface area contributed by atoms with Crippen LogP contribution >= 0.6 is 0 Å². The largest absolute Gasteiger partial charge is 0.419 e. The van der Waals surface area contributed by atoms with Crippen molar-refractivity contribution in [1.82, 2.24) is 4.90 Å². The van der Waals surface area contributed by atoms with E-state index >= 15 is 0 Å². The first-order chi connectivity index (χ1) is 16.4. The van der Waals surface area contributed by atoms with Gasteiger partial charge in [-0.2, -0.15) is 13.2 Å². The number of anilines is 2. The molecule has 35 heavy (non-hydrogen) atoms. The number of hydrogen-bond donors (Lipinski definition) is 1. The zero-order valence-corrected chi connectivity index (χ0v) is 19.4. The van der Waals surface area contributed by atoms with Crippen molar-refractivity contribution in [3.05, 3.63) is 53.3 Å². The fraction of sp³-hybridized carbons (Fsp3) is 0.409. The maximum Gasteiger partial charge on any atom is 0.419 e. The van der Waals surface area contributed by atoms with Gasteiger partial charge in [0.2, 0.25) is 10.0 Å². The predicted octanol–water partition coefficient (Wildman–Crippen LogP) is 2.29. The van der Waals surface area contributed by atoms with Crippen LogP contribution in [-0.4, -0.2) is 71.7 Å². The standard InChI is InChI=1S/C22H24F4N4O4S/c23-19-13-15(1-3-18(19)22(24,25)26)28-5-7-30(8-6-28)21(31)17-14-16(35(27,32)33)2-4-20(17)29-9-11-34-12-10-29/h1-4,13-14H,5-12H2,(H2,27,32,33). The number of rotatable bonds is 4. The van der Waals surface area contributed by atoms with Crippen LogP contribution in [0.2, 0.25) is 0 Å². The number of nitrogens with two attached hydrogens (primary N) is 1. The van der Waals surface area contributed by atoms with Crippen LogP contribution < -0.4 is 14.9 Å². The Kier molecular flexibility index (Phi) is 6.93. The summed E-state index contributed by atoms with van der Waals surface area (Å²) in [5, 5.41) is 5.27. The molecule has 0 aromatic heterocycles. The van der Waals surface area contributed by atoms with Gasteiger partial charge in [0.15, 0.2) is 0 Å². The van der Waals surface area contributed by atoms with Crippen LogP contribution in [-0.2, 0) is 20.9 Å². The van der Waals surface area contributed by atoms with Gasteiger partial charge in [0.05, 0.1) is 29.2 Å². The summed E-state index contributed by atoms with van der Waals surface area (Å²) in [6.07, 6.45) is -4.78.